The second kappa shape index (κ2) is 10.2. The van der Waals surface area contributed by atoms with Crippen LogP contribution in [0.5, 0.6) is 0 Å². The van der Waals surface area contributed by atoms with Crippen LogP contribution in [0, 0.1) is 0 Å². The highest BCUT2D eigenvalue weighted by Gasteiger charge is 2.23. The van der Waals surface area contributed by atoms with E-state index in [2.05, 4.69) is 10.2 Å². The molecule has 0 radical (unpaired) electrons. The van der Waals surface area contributed by atoms with Gasteiger partial charge in [0, 0.05) is 42.8 Å². The molecular formula is C26H24ClN3O2. The molecule has 0 aliphatic carbocycles. The number of para-hydroxylation sites is 2. The summed E-state index contributed by atoms with van der Waals surface area (Å²) in [4.78, 5) is 29.3. The monoisotopic (exact) mass is 445 g/mol. The molecule has 6 heteroatoms. The Morgan fingerprint density at radius 2 is 1.47 bits per heavy atom. The van der Waals surface area contributed by atoms with Crippen LogP contribution in [-0.4, -0.2) is 42.9 Å². The number of hydrogen-bond acceptors (Lipinski definition) is 3. The maximum Gasteiger partial charge on any atom is 0.253 e. The molecule has 3 aromatic carbocycles. The Morgan fingerprint density at radius 1 is 0.812 bits per heavy atom. The molecule has 0 atom stereocenters. The topological polar surface area (TPSA) is 52.7 Å². The molecule has 0 saturated carbocycles. The van der Waals surface area contributed by atoms with Crippen molar-refractivity contribution < 1.29 is 9.59 Å². The molecule has 0 spiro atoms. The SMILES string of the molecule is O=C(/C=C/c1ccc(Cl)cc1)Nc1ccccc1N1CCN(C(=O)c2ccccc2)CC1. The van der Waals surface area contributed by atoms with Crippen LogP contribution in [-0.2, 0) is 4.79 Å². The van der Waals surface area contributed by atoms with E-state index in [1.807, 2.05) is 71.6 Å². The summed E-state index contributed by atoms with van der Waals surface area (Å²) in [6.07, 6.45) is 3.26. The zero-order valence-electron chi connectivity index (χ0n) is 17.6. The van der Waals surface area contributed by atoms with Crippen molar-refractivity contribution in [3.05, 3.63) is 101 Å². The van der Waals surface area contributed by atoms with Crippen LogP contribution in [0.4, 0.5) is 11.4 Å². The molecule has 2 amide bonds. The maximum atomic E-state index is 12.7. The van der Waals surface area contributed by atoms with Crippen molar-refractivity contribution in [2.24, 2.45) is 0 Å². The summed E-state index contributed by atoms with van der Waals surface area (Å²) < 4.78 is 0. The minimum Gasteiger partial charge on any atom is -0.366 e. The van der Waals surface area contributed by atoms with Crippen LogP contribution in [0.2, 0.25) is 5.02 Å². The Balaban J connectivity index is 1.39. The lowest BCUT2D eigenvalue weighted by Crippen LogP contribution is -2.49. The number of nitrogens with zero attached hydrogens (tertiary/aromatic N) is 2. The normalized spacial score (nSPS) is 13.9. The van der Waals surface area contributed by atoms with E-state index in [1.165, 1.54) is 6.08 Å². The fourth-order valence-electron chi connectivity index (χ4n) is 3.69. The highest BCUT2D eigenvalue weighted by atomic mass is 35.5. The van der Waals surface area contributed by atoms with Gasteiger partial charge in [0.2, 0.25) is 5.91 Å². The van der Waals surface area contributed by atoms with Crippen molar-refractivity contribution in [2.75, 3.05) is 36.4 Å². The highest BCUT2D eigenvalue weighted by molar-refractivity contribution is 6.30. The van der Waals surface area contributed by atoms with Crippen LogP contribution < -0.4 is 10.2 Å². The zero-order valence-corrected chi connectivity index (χ0v) is 18.3. The summed E-state index contributed by atoms with van der Waals surface area (Å²) in [5.41, 5.74) is 3.31. The summed E-state index contributed by atoms with van der Waals surface area (Å²) in [5, 5.41) is 3.63. The van der Waals surface area contributed by atoms with Gasteiger partial charge in [-0.3, -0.25) is 9.59 Å². The van der Waals surface area contributed by atoms with Crippen molar-refractivity contribution in [3.8, 4) is 0 Å². The van der Waals surface area contributed by atoms with Gasteiger partial charge in [-0.25, -0.2) is 0 Å². The van der Waals surface area contributed by atoms with Gasteiger partial charge in [-0.1, -0.05) is 54.1 Å². The summed E-state index contributed by atoms with van der Waals surface area (Å²) in [6, 6.07) is 24.4. The molecule has 1 N–H and O–H groups in total. The average molecular weight is 446 g/mol. The Morgan fingerprint density at radius 3 is 2.19 bits per heavy atom. The van der Waals surface area contributed by atoms with Crippen molar-refractivity contribution in [3.63, 3.8) is 0 Å². The second-order valence-corrected chi connectivity index (χ2v) is 7.97. The van der Waals surface area contributed by atoms with Gasteiger partial charge in [0.15, 0.2) is 0 Å². The molecule has 1 heterocycles. The summed E-state index contributed by atoms with van der Waals surface area (Å²) in [7, 11) is 0. The Hall–Kier alpha value is -3.57. The van der Waals surface area contributed by atoms with E-state index in [-0.39, 0.29) is 11.8 Å². The Labute approximate surface area is 192 Å². The van der Waals surface area contributed by atoms with Gasteiger partial charge in [0.1, 0.15) is 0 Å². The molecule has 162 valence electrons. The van der Waals surface area contributed by atoms with Gasteiger partial charge in [-0.2, -0.15) is 0 Å². The van der Waals surface area contributed by atoms with Crippen LogP contribution >= 0.6 is 11.6 Å². The molecule has 3 aromatic rings. The maximum absolute atomic E-state index is 12.7. The number of amides is 2. The van der Waals surface area contributed by atoms with Gasteiger partial charge >= 0.3 is 0 Å². The van der Waals surface area contributed by atoms with Gasteiger partial charge in [0.05, 0.1) is 11.4 Å². The summed E-state index contributed by atoms with van der Waals surface area (Å²) in [5.74, 6) is -0.149. The van der Waals surface area contributed by atoms with Gasteiger partial charge < -0.3 is 15.1 Å². The summed E-state index contributed by atoms with van der Waals surface area (Å²) in [6.45, 7) is 2.66. The highest BCUT2D eigenvalue weighted by Crippen LogP contribution is 2.27. The number of nitrogens with one attached hydrogen (secondary N) is 1. The molecule has 1 aliphatic rings. The number of hydrogen-bond donors (Lipinski definition) is 1. The molecule has 0 unspecified atom stereocenters. The fraction of sp³-hybridized carbons (Fsp3) is 0.154. The quantitative estimate of drug-likeness (QED) is 0.565. The van der Waals surface area contributed by atoms with Crippen LogP contribution in [0.1, 0.15) is 15.9 Å². The summed E-state index contributed by atoms with van der Waals surface area (Å²) >= 11 is 5.90. The van der Waals surface area contributed by atoms with Gasteiger partial charge in [-0.05, 0) is 48.0 Å². The number of carbonyl (C=O) groups is 2. The van der Waals surface area contributed by atoms with E-state index in [4.69, 9.17) is 11.6 Å². The van der Waals surface area contributed by atoms with E-state index in [0.29, 0.717) is 36.8 Å². The first-order valence-corrected chi connectivity index (χ1v) is 10.9. The Bertz CT molecular complexity index is 1110. The second-order valence-electron chi connectivity index (χ2n) is 7.54. The lowest BCUT2D eigenvalue weighted by Gasteiger charge is -2.37. The van der Waals surface area contributed by atoms with Crippen LogP contribution in [0.3, 0.4) is 0 Å². The smallest absolute Gasteiger partial charge is 0.253 e. The van der Waals surface area contributed by atoms with Crippen LogP contribution in [0.25, 0.3) is 6.08 Å². The third-order valence-electron chi connectivity index (χ3n) is 5.39. The van der Waals surface area contributed by atoms with Gasteiger partial charge in [-0.15, -0.1) is 0 Å². The molecule has 0 aromatic heterocycles. The number of piperazine rings is 1. The minimum absolute atomic E-state index is 0.0548. The predicted molar refractivity (Wildman–Crippen MR) is 130 cm³/mol. The molecule has 5 nitrogen and oxygen atoms in total. The fourth-order valence-corrected chi connectivity index (χ4v) is 3.82. The molecule has 1 saturated heterocycles. The van der Waals surface area contributed by atoms with Crippen molar-refractivity contribution >= 4 is 40.9 Å². The minimum atomic E-state index is -0.203. The number of benzene rings is 3. The lowest BCUT2D eigenvalue weighted by atomic mass is 10.1. The van der Waals surface area contributed by atoms with Crippen molar-refractivity contribution in [2.45, 2.75) is 0 Å². The van der Waals surface area contributed by atoms with E-state index < -0.39 is 0 Å². The molecule has 0 bridgehead atoms. The first-order valence-electron chi connectivity index (χ1n) is 10.5. The first-order chi connectivity index (χ1) is 15.6. The number of halogens is 1. The molecule has 4 rings (SSSR count). The van der Waals surface area contributed by atoms with E-state index in [1.54, 1.807) is 18.2 Å². The van der Waals surface area contributed by atoms with E-state index in [9.17, 15) is 9.59 Å². The zero-order chi connectivity index (χ0) is 22.3. The van der Waals surface area contributed by atoms with Gasteiger partial charge in [0.25, 0.3) is 5.91 Å². The van der Waals surface area contributed by atoms with Crippen molar-refractivity contribution in [1.29, 1.82) is 0 Å². The molecule has 1 aliphatic heterocycles. The lowest BCUT2D eigenvalue weighted by molar-refractivity contribution is -0.111. The average Bonchev–Trinajstić information content (AvgIpc) is 2.84. The molecular weight excluding hydrogens is 422 g/mol. The van der Waals surface area contributed by atoms with E-state index in [0.717, 1.165) is 16.9 Å². The third-order valence-corrected chi connectivity index (χ3v) is 5.64. The molecule has 32 heavy (non-hydrogen) atoms. The first kappa shape index (κ1) is 21.7. The third kappa shape index (κ3) is 5.37. The van der Waals surface area contributed by atoms with Crippen molar-refractivity contribution in [1.82, 2.24) is 4.90 Å². The number of anilines is 2. The standard InChI is InChI=1S/C26H24ClN3O2/c27-22-13-10-20(11-14-22)12-15-25(31)28-23-8-4-5-9-24(23)29-16-18-30(19-17-29)26(32)21-6-2-1-3-7-21/h1-15H,16-19H2,(H,28,31)/b15-12+. The number of carbonyl (C=O) groups excluding carboxylic acids is 2. The largest absolute Gasteiger partial charge is 0.366 e. The molecule has 1 fully saturated rings. The predicted octanol–water partition coefficient (Wildman–Crippen LogP) is 4.95. The van der Waals surface area contributed by atoms with Crippen LogP contribution in [0.15, 0.2) is 84.9 Å². The Kier molecular flexibility index (Phi) is 6.87. The van der Waals surface area contributed by atoms with E-state index >= 15 is 0 Å². The number of rotatable bonds is 5.